The standard InChI is InChI=1S/C19H26ClN3O2/c1-2-21-13-14-6-9-22(10-7-14)18(24)17-8-11-23(19(17)25)16-5-3-4-15(20)12-16/h3-5,12,14,17,21H,2,6-11,13H2,1H3. The van der Waals surface area contributed by atoms with Crippen molar-refractivity contribution >= 4 is 29.1 Å². The van der Waals surface area contributed by atoms with Gasteiger partial charge in [-0.05, 0) is 56.5 Å². The molecule has 1 atom stereocenters. The van der Waals surface area contributed by atoms with Crippen molar-refractivity contribution < 1.29 is 9.59 Å². The van der Waals surface area contributed by atoms with Crippen molar-refractivity contribution in [1.82, 2.24) is 10.2 Å². The van der Waals surface area contributed by atoms with Crippen LogP contribution in [0.15, 0.2) is 24.3 Å². The van der Waals surface area contributed by atoms with Crippen LogP contribution in [0, 0.1) is 11.8 Å². The van der Waals surface area contributed by atoms with Crippen LogP contribution >= 0.6 is 11.6 Å². The number of nitrogens with one attached hydrogen (secondary N) is 1. The van der Waals surface area contributed by atoms with Gasteiger partial charge in [-0.1, -0.05) is 24.6 Å². The highest BCUT2D eigenvalue weighted by molar-refractivity contribution is 6.31. The molecule has 1 aromatic rings. The number of carbonyl (C=O) groups is 2. The first-order chi connectivity index (χ1) is 12.1. The van der Waals surface area contributed by atoms with Crippen LogP contribution in [-0.2, 0) is 9.59 Å². The molecule has 2 aliphatic heterocycles. The van der Waals surface area contributed by atoms with Crippen molar-refractivity contribution in [1.29, 1.82) is 0 Å². The number of anilines is 1. The zero-order valence-electron chi connectivity index (χ0n) is 14.7. The van der Waals surface area contributed by atoms with Gasteiger partial charge < -0.3 is 15.1 Å². The summed E-state index contributed by atoms with van der Waals surface area (Å²) in [5.41, 5.74) is 0.775. The van der Waals surface area contributed by atoms with Gasteiger partial charge in [0.25, 0.3) is 0 Å². The van der Waals surface area contributed by atoms with Crippen LogP contribution in [0.1, 0.15) is 26.2 Å². The van der Waals surface area contributed by atoms with E-state index in [4.69, 9.17) is 11.6 Å². The second kappa shape index (κ2) is 8.19. The lowest BCUT2D eigenvalue weighted by atomic mass is 9.95. The molecule has 0 radical (unpaired) electrons. The highest BCUT2D eigenvalue weighted by Crippen LogP contribution is 2.29. The molecule has 1 N–H and O–H groups in total. The minimum Gasteiger partial charge on any atom is -0.342 e. The third-order valence-electron chi connectivity index (χ3n) is 5.23. The Morgan fingerprint density at radius 2 is 2.00 bits per heavy atom. The van der Waals surface area contributed by atoms with Crippen molar-refractivity contribution in [3.05, 3.63) is 29.3 Å². The highest BCUT2D eigenvalue weighted by atomic mass is 35.5. The van der Waals surface area contributed by atoms with E-state index in [0.717, 1.165) is 44.7 Å². The quantitative estimate of drug-likeness (QED) is 0.818. The topological polar surface area (TPSA) is 52.7 Å². The summed E-state index contributed by atoms with van der Waals surface area (Å²) in [6.45, 7) is 6.20. The molecule has 0 aliphatic carbocycles. The van der Waals surface area contributed by atoms with Gasteiger partial charge in [0, 0.05) is 30.3 Å². The van der Waals surface area contributed by atoms with Crippen molar-refractivity contribution in [2.24, 2.45) is 11.8 Å². The van der Waals surface area contributed by atoms with E-state index in [9.17, 15) is 9.59 Å². The molecule has 2 heterocycles. The molecule has 3 rings (SSSR count). The number of amides is 2. The Bertz CT molecular complexity index is 629. The Morgan fingerprint density at radius 3 is 2.68 bits per heavy atom. The van der Waals surface area contributed by atoms with Crippen LogP contribution in [0.2, 0.25) is 5.02 Å². The minimum absolute atomic E-state index is 0.00331. The molecule has 2 amide bonds. The predicted molar refractivity (Wildman–Crippen MR) is 99.8 cm³/mol. The van der Waals surface area contributed by atoms with E-state index in [0.29, 0.717) is 23.9 Å². The van der Waals surface area contributed by atoms with Crippen LogP contribution in [0.5, 0.6) is 0 Å². The fourth-order valence-electron chi connectivity index (χ4n) is 3.74. The monoisotopic (exact) mass is 363 g/mol. The molecular weight excluding hydrogens is 338 g/mol. The third kappa shape index (κ3) is 4.15. The summed E-state index contributed by atoms with van der Waals surface area (Å²) in [7, 11) is 0. The van der Waals surface area contributed by atoms with E-state index >= 15 is 0 Å². The Kier molecular flexibility index (Phi) is 5.97. The van der Waals surface area contributed by atoms with Gasteiger partial charge in [0.15, 0.2) is 0 Å². The first-order valence-corrected chi connectivity index (χ1v) is 9.54. The Morgan fingerprint density at radius 1 is 1.24 bits per heavy atom. The van der Waals surface area contributed by atoms with Crippen LogP contribution in [0.25, 0.3) is 0 Å². The summed E-state index contributed by atoms with van der Waals surface area (Å²) in [4.78, 5) is 29.1. The summed E-state index contributed by atoms with van der Waals surface area (Å²) in [5, 5.41) is 3.98. The number of hydrogen-bond donors (Lipinski definition) is 1. The van der Waals surface area contributed by atoms with E-state index in [1.807, 2.05) is 17.0 Å². The van der Waals surface area contributed by atoms with Gasteiger partial charge in [-0.3, -0.25) is 9.59 Å². The van der Waals surface area contributed by atoms with Crippen LogP contribution in [-0.4, -0.2) is 49.4 Å². The summed E-state index contributed by atoms with van der Waals surface area (Å²) < 4.78 is 0. The minimum atomic E-state index is -0.538. The fourth-order valence-corrected chi connectivity index (χ4v) is 3.92. The van der Waals surface area contributed by atoms with E-state index in [2.05, 4.69) is 12.2 Å². The number of rotatable bonds is 5. The van der Waals surface area contributed by atoms with Crippen molar-refractivity contribution in [2.75, 3.05) is 37.6 Å². The summed E-state index contributed by atoms with van der Waals surface area (Å²) in [6, 6.07) is 7.25. The lowest BCUT2D eigenvalue weighted by molar-refractivity contribution is -0.141. The number of benzene rings is 1. The van der Waals surface area contributed by atoms with Crippen LogP contribution in [0.4, 0.5) is 5.69 Å². The Balaban J connectivity index is 1.58. The van der Waals surface area contributed by atoms with Crippen LogP contribution in [0.3, 0.4) is 0 Å². The first kappa shape index (κ1) is 18.2. The molecule has 0 saturated carbocycles. The zero-order valence-corrected chi connectivity index (χ0v) is 15.5. The molecule has 2 saturated heterocycles. The SMILES string of the molecule is CCNCC1CCN(C(=O)C2CCN(c3cccc(Cl)c3)C2=O)CC1. The van der Waals surface area contributed by atoms with Gasteiger partial charge in [0.05, 0.1) is 0 Å². The van der Waals surface area contributed by atoms with E-state index < -0.39 is 5.92 Å². The molecular formula is C19H26ClN3O2. The molecule has 0 bridgehead atoms. The molecule has 136 valence electrons. The maximum atomic E-state index is 12.8. The van der Waals surface area contributed by atoms with Crippen LogP contribution < -0.4 is 10.2 Å². The zero-order chi connectivity index (χ0) is 17.8. The molecule has 0 aromatic heterocycles. The third-order valence-corrected chi connectivity index (χ3v) is 5.47. The van der Waals surface area contributed by atoms with Gasteiger partial charge in [-0.2, -0.15) is 0 Å². The second-order valence-electron chi connectivity index (χ2n) is 6.89. The largest absolute Gasteiger partial charge is 0.342 e. The molecule has 2 fully saturated rings. The molecule has 1 unspecified atom stereocenters. The number of carbonyl (C=O) groups excluding carboxylic acids is 2. The lowest BCUT2D eigenvalue weighted by Crippen LogP contribution is -2.45. The summed E-state index contributed by atoms with van der Waals surface area (Å²) in [5.74, 6) is -0.00555. The van der Waals surface area contributed by atoms with E-state index in [-0.39, 0.29) is 11.8 Å². The first-order valence-electron chi connectivity index (χ1n) is 9.16. The molecule has 1 aromatic carbocycles. The van der Waals surface area contributed by atoms with E-state index in [1.165, 1.54) is 0 Å². The number of likely N-dealkylation sites (tertiary alicyclic amines) is 1. The van der Waals surface area contributed by atoms with Gasteiger partial charge in [0.2, 0.25) is 11.8 Å². The second-order valence-corrected chi connectivity index (χ2v) is 7.32. The molecule has 6 heteroatoms. The number of halogens is 1. The smallest absolute Gasteiger partial charge is 0.239 e. The highest BCUT2D eigenvalue weighted by Gasteiger charge is 2.40. The number of hydrogen-bond acceptors (Lipinski definition) is 3. The fraction of sp³-hybridized carbons (Fsp3) is 0.579. The molecule has 5 nitrogen and oxygen atoms in total. The van der Waals surface area contributed by atoms with Crippen molar-refractivity contribution in [3.63, 3.8) is 0 Å². The van der Waals surface area contributed by atoms with Gasteiger partial charge in [-0.25, -0.2) is 0 Å². The average Bonchev–Trinajstić information content (AvgIpc) is 3.01. The maximum absolute atomic E-state index is 12.8. The summed E-state index contributed by atoms with van der Waals surface area (Å²) in [6.07, 6.45) is 2.61. The van der Waals surface area contributed by atoms with Gasteiger partial charge in [-0.15, -0.1) is 0 Å². The summed E-state index contributed by atoms with van der Waals surface area (Å²) >= 11 is 6.02. The normalized spacial score (nSPS) is 21.8. The number of piperidine rings is 1. The lowest BCUT2D eigenvalue weighted by Gasteiger charge is -2.33. The number of nitrogens with zero attached hydrogens (tertiary/aromatic N) is 2. The Labute approximate surface area is 154 Å². The van der Waals surface area contributed by atoms with Gasteiger partial charge in [0.1, 0.15) is 5.92 Å². The van der Waals surface area contributed by atoms with Crippen molar-refractivity contribution in [3.8, 4) is 0 Å². The average molecular weight is 364 g/mol. The van der Waals surface area contributed by atoms with E-state index in [1.54, 1.807) is 17.0 Å². The predicted octanol–water partition coefficient (Wildman–Crippen LogP) is 2.54. The Hall–Kier alpha value is -1.59. The van der Waals surface area contributed by atoms with Gasteiger partial charge >= 0.3 is 0 Å². The molecule has 25 heavy (non-hydrogen) atoms. The molecule has 2 aliphatic rings. The molecule has 0 spiro atoms. The van der Waals surface area contributed by atoms with Crippen molar-refractivity contribution in [2.45, 2.75) is 26.2 Å². The maximum Gasteiger partial charge on any atom is 0.239 e.